The number of thiophene rings is 1. The second-order valence-electron chi connectivity index (χ2n) is 6.34. The van der Waals surface area contributed by atoms with Gasteiger partial charge in [0.05, 0.1) is 40.6 Å². The Morgan fingerprint density at radius 2 is 2.17 bits per heavy atom. The van der Waals surface area contributed by atoms with Crippen LogP contribution >= 0.6 is 11.3 Å². The summed E-state index contributed by atoms with van der Waals surface area (Å²) in [5.41, 5.74) is 3.43. The van der Waals surface area contributed by atoms with Gasteiger partial charge in [-0.2, -0.15) is 5.26 Å². The molecular formula is C18H20N4OS. The molecule has 24 heavy (non-hydrogen) atoms. The highest BCUT2D eigenvalue weighted by molar-refractivity contribution is 7.18. The van der Waals surface area contributed by atoms with Crippen molar-refractivity contribution < 1.29 is 4.74 Å². The lowest BCUT2D eigenvalue weighted by atomic mass is 10.1. The maximum Gasteiger partial charge on any atom is 0.113 e. The molecule has 0 spiro atoms. The Morgan fingerprint density at radius 3 is 2.88 bits per heavy atom. The molecule has 5 nitrogen and oxygen atoms in total. The number of aromatic nitrogens is 3. The summed E-state index contributed by atoms with van der Waals surface area (Å²) in [6, 6.07) is 4.29. The quantitative estimate of drug-likeness (QED) is 0.693. The van der Waals surface area contributed by atoms with E-state index >= 15 is 0 Å². The highest BCUT2D eigenvalue weighted by Gasteiger charge is 2.33. The fourth-order valence-electron chi connectivity index (χ4n) is 3.42. The van der Waals surface area contributed by atoms with Crippen molar-refractivity contribution in [3.05, 3.63) is 23.5 Å². The van der Waals surface area contributed by atoms with Crippen molar-refractivity contribution in [1.82, 2.24) is 14.5 Å². The monoisotopic (exact) mass is 340 g/mol. The van der Waals surface area contributed by atoms with Gasteiger partial charge < -0.3 is 9.30 Å². The zero-order valence-corrected chi connectivity index (χ0v) is 14.6. The van der Waals surface area contributed by atoms with E-state index in [1.807, 2.05) is 6.20 Å². The van der Waals surface area contributed by atoms with Crippen LogP contribution in [0.4, 0.5) is 0 Å². The maximum atomic E-state index is 7.32. The van der Waals surface area contributed by atoms with Crippen molar-refractivity contribution in [3.63, 3.8) is 0 Å². The number of imidazole rings is 1. The van der Waals surface area contributed by atoms with E-state index in [-0.39, 0.29) is 0 Å². The van der Waals surface area contributed by atoms with Crippen molar-refractivity contribution in [2.45, 2.75) is 44.6 Å². The molecule has 0 radical (unpaired) electrons. The molecule has 0 N–H and O–H groups in total. The van der Waals surface area contributed by atoms with E-state index in [2.05, 4.69) is 21.0 Å². The first kappa shape index (κ1) is 15.6. The molecule has 1 saturated heterocycles. The molecular weight excluding hydrogens is 320 g/mol. The van der Waals surface area contributed by atoms with Gasteiger partial charge in [0.1, 0.15) is 11.3 Å². The molecule has 124 valence electrons. The predicted octanol–water partition coefficient (Wildman–Crippen LogP) is 4.40. The first-order chi connectivity index (χ1) is 11.8. The van der Waals surface area contributed by atoms with E-state index in [1.165, 1.54) is 42.2 Å². The number of nitriles is 1. The fourth-order valence-corrected chi connectivity index (χ4v) is 4.31. The van der Waals surface area contributed by atoms with Gasteiger partial charge in [-0.05, 0) is 37.1 Å². The molecule has 3 aromatic heterocycles. The second-order valence-corrected chi connectivity index (χ2v) is 7.25. The molecule has 1 aliphatic heterocycles. The van der Waals surface area contributed by atoms with Gasteiger partial charge in [-0.3, -0.25) is 4.98 Å². The average molecular weight is 340 g/mol. The van der Waals surface area contributed by atoms with Crippen LogP contribution in [0.1, 0.15) is 50.4 Å². The summed E-state index contributed by atoms with van der Waals surface area (Å²) in [5.74, 6) is 1.91. The number of nitrogens with zero attached hydrogens (tertiary/aromatic N) is 4. The van der Waals surface area contributed by atoms with Crippen LogP contribution in [0, 0.1) is 11.3 Å². The van der Waals surface area contributed by atoms with E-state index in [4.69, 9.17) is 15.0 Å². The first-order valence-electron chi connectivity index (χ1n) is 8.46. The van der Waals surface area contributed by atoms with Gasteiger partial charge >= 0.3 is 0 Å². The minimum absolute atomic E-state index is 0.437. The topological polar surface area (TPSA) is 63.7 Å². The van der Waals surface area contributed by atoms with E-state index in [0.29, 0.717) is 12.0 Å². The van der Waals surface area contributed by atoms with Crippen molar-refractivity contribution >= 4 is 32.6 Å². The Morgan fingerprint density at radius 1 is 1.33 bits per heavy atom. The SMILES string of the molecule is CC#N.c1cc2ncc3nc(C4CC4)n(C4CCCOC4)c3c2s1. The highest BCUT2D eigenvalue weighted by Crippen LogP contribution is 2.44. The van der Waals surface area contributed by atoms with Crippen molar-refractivity contribution in [2.75, 3.05) is 13.2 Å². The summed E-state index contributed by atoms with van der Waals surface area (Å²) in [7, 11) is 0. The maximum absolute atomic E-state index is 7.32. The number of hydrogen-bond donors (Lipinski definition) is 0. The van der Waals surface area contributed by atoms with Gasteiger partial charge in [0.25, 0.3) is 0 Å². The van der Waals surface area contributed by atoms with Crippen LogP contribution in [0.3, 0.4) is 0 Å². The zero-order chi connectivity index (χ0) is 16.5. The normalized spacial score (nSPS) is 20.6. The summed E-state index contributed by atoms with van der Waals surface area (Å²) < 4.78 is 9.51. The van der Waals surface area contributed by atoms with Crippen LogP contribution in [0.2, 0.25) is 0 Å². The molecule has 2 fully saturated rings. The molecule has 5 rings (SSSR count). The minimum atomic E-state index is 0.437. The van der Waals surface area contributed by atoms with Crippen molar-refractivity contribution in [2.24, 2.45) is 0 Å². The molecule has 0 aromatic carbocycles. The van der Waals surface area contributed by atoms with Crippen LogP contribution in [-0.4, -0.2) is 27.7 Å². The van der Waals surface area contributed by atoms with Gasteiger partial charge in [0.2, 0.25) is 0 Å². The molecule has 1 saturated carbocycles. The van der Waals surface area contributed by atoms with Crippen molar-refractivity contribution in [3.8, 4) is 6.07 Å². The van der Waals surface area contributed by atoms with Crippen LogP contribution in [0.5, 0.6) is 0 Å². The smallest absolute Gasteiger partial charge is 0.113 e. The Kier molecular flexibility index (Phi) is 4.21. The predicted molar refractivity (Wildman–Crippen MR) is 95.3 cm³/mol. The lowest BCUT2D eigenvalue weighted by Gasteiger charge is -2.26. The largest absolute Gasteiger partial charge is 0.379 e. The van der Waals surface area contributed by atoms with Crippen molar-refractivity contribution in [1.29, 1.82) is 5.26 Å². The molecule has 1 atom stereocenters. The summed E-state index contributed by atoms with van der Waals surface area (Å²) in [4.78, 5) is 9.48. The van der Waals surface area contributed by atoms with Gasteiger partial charge in [-0.15, -0.1) is 11.3 Å². The number of pyridine rings is 1. The third kappa shape index (κ3) is 2.68. The molecule has 4 heterocycles. The number of hydrogen-bond acceptors (Lipinski definition) is 5. The molecule has 0 bridgehead atoms. The Balaban J connectivity index is 0.000000455. The van der Waals surface area contributed by atoms with Crippen LogP contribution in [0.25, 0.3) is 21.3 Å². The molecule has 0 amide bonds. The molecule has 1 unspecified atom stereocenters. The summed E-state index contributed by atoms with van der Waals surface area (Å²) in [6.45, 7) is 3.15. The zero-order valence-electron chi connectivity index (χ0n) is 13.7. The number of fused-ring (bicyclic) bond motifs is 3. The van der Waals surface area contributed by atoms with E-state index in [1.54, 1.807) is 17.4 Å². The van der Waals surface area contributed by atoms with Gasteiger partial charge in [-0.1, -0.05) is 0 Å². The first-order valence-corrected chi connectivity index (χ1v) is 9.34. The number of rotatable bonds is 2. The van der Waals surface area contributed by atoms with E-state index in [9.17, 15) is 0 Å². The van der Waals surface area contributed by atoms with Gasteiger partial charge in [-0.25, -0.2) is 4.98 Å². The van der Waals surface area contributed by atoms with E-state index in [0.717, 1.165) is 30.7 Å². The Bertz CT molecular complexity index is 897. The lowest BCUT2D eigenvalue weighted by Crippen LogP contribution is -2.22. The van der Waals surface area contributed by atoms with Crippen LogP contribution in [0.15, 0.2) is 17.6 Å². The minimum Gasteiger partial charge on any atom is -0.379 e. The molecule has 3 aromatic rings. The third-order valence-corrected chi connectivity index (χ3v) is 5.51. The average Bonchev–Trinajstić information content (AvgIpc) is 3.20. The fraction of sp³-hybridized carbons (Fsp3) is 0.500. The number of ether oxygens (including phenoxy) is 1. The van der Waals surface area contributed by atoms with Crippen LogP contribution < -0.4 is 0 Å². The summed E-state index contributed by atoms with van der Waals surface area (Å²) in [5, 5.41) is 9.45. The van der Waals surface area contributed by atoms with Gasteiger partial charge in [0, 0.05) is 19.4 Å². The van der Waals surface area contributed by atoms with Gasteiger partial charge in [0.15, 0.2) is 0 Å². The molecule has 1 aliphatic carbocycles. The Hall–Kier alpha value is -1.97. The Labute approximate surface area is 144 Å². The standard InChI is InChI=1S/C16H17N3OS.C2H3N/c1-2-11(9-20-6-1)19-14-13(18-16(19)10-3-4-10)8-17-12-5-7-21-15(12)14;1-2-3/h5,7-8,10-11H,1-4,6,9H2;1H3. The molecule has 6 heteroatoms. The lowest BCUT2D eigenvalue weighted by molar-refractivity contribution is 0.0596. The summed E-state index contributed by atoms with van der Waals surface area (Å²) in [6.07, 6.45) is 6.83. The molecule has 2 aliphatic rings. The van der Waals surface area contributed by atoms with E-state index < -0.39 is 0 Å². The highest BCUT2D eigenvalue weighted by atomic mass is 32.1. The third-order valence-electron chi connectivity index (χ3n) is 4.59. The van der Waals surface area contributed by atoms with Crippen LogP contribution in [-0.2, 0) is 4.74 Å². The summed E-state index contributed by atoms with van der Waals surface area (Å²) >= 11 is 1.78. The second kappa shape index (κ2) is 6.50.